The fraction of sp³-hybridized carbons (Fsp3) is 0.429. The molecule has 0 heterocycles. The van der Waals surface area contributed by atoms with E-state index in [1.54, 1.807) is 6.92 Å². The van der Waals surface area contributed by atoms with E-state index < -0.39 is 29.7 Å². The molecule has 1 amide bonds. The van der Waals surface area contributed by atoms with Gasteiger partial charge in [0.1, 0.15) is 6.17 Å². The van der Waals surface area contributed by atoms with Gasteiger partial charge in [0.15, 0.2) is 11.6 Å². The van der Waals surface area contributed by atoms with E-state index in [1.807, 2.05) is 0 Å². The molecule has 114 valence electrons. The zero-order chi connectivity index (χ0) is 16.2. The van der Waals surface area contributed by atoms with Crippen LogP contribution in [0.15, 0.2) is 23.8 Å². The van der Waals surface area contributed by atoms with Gasteiger partial charge in [-0.1, -0.05) is 6.92 Å². The number of allylic oxidation sites excluding steroid dienone is 3. The van der Waals surface area contributed by atoms with Crippen molar-refractivity contribution in [1.82, 2.24) is 4.90 Å². The summed E-state index contributed by atoms with van der Waals surface area (Å²) in [6.45, 7) is 1.56. The monoisotopic (exact) mass is 294 g/mol. The minimum atomic E-state index is -1.04. The molecule has 2 atom stereocenters. The Kier molecular flexibility index (Phi) is 5.54. The Hall–Kier alpha value is -2.28. The molecule has 0 radical (unpaired) electrons. The number of carbonyl (C=O) groups is 4. The Balaban J connectivity index is 2.80. The van der Waals surface area contributed by atoms with Crippen LogP contribution in [-0.4, -0.2) is 48.7 Å². The number of hydrogen-bond acceptors (Lipinski definition) is 6. The summed E-state index contributed by atoms with van der Waals surface area (Å²) in [5.41, 5.74) is 5.91. The van der Waals surface area contributed by atoms with Crippen molar-refractivity contribution in [3.8, 4) is 0 Å². The van der Waals surface area contributed by atoms with Crippen molar-refractivity contribution in [3.63, 3.8) is 0 Å². The average Bonchev–Trinajstić information content (AvgIpc) is 2.47. The Morgan fingerprint density at radius 3 is 2.52 bits per heavy atom. The minimum absolute atomic E-state index is 0.0450. The Morgan fingerprint density at radius 2 is 1.95 bits per heavy atom. The van der Waals surface area contributed by atoms with Crippen molar-refractivity contribution in [1.29, 1.82) is 0 Å². The van der Waals surface area contributed by atoms with Crippen LogP contribution >= 0.6 is 0 Å². The third kappa shape index (κ3) is 4.09. The van der Waals surface area contributed by atoms with Crippen LogP contribution in [0.2, 0.25) is 0 Å². The lowest BCUT2D eigenvalue weighted by atomic mass is 9.99. The van der Waals surface area contributed by atoms with E-state index >= 15 is 0 Å². The topological polar surface area (TPSA) is 107 Å². The summed E-state index contributed by atoms with van der Waals surface area (Å²) in [5, 5.41) is 0. The third-order valence-electron chi connectivity index (χ3n) is 3.19. The van der Waals surface area contributed by atoms with Crippen molar-refractivity contribution in [2.75, 3.05) is 14.2 Å². The highest BCUT2D eigenvalue weighted by molar-refractivity contribution is 6.18. The molecule has 2 N–H and O–H groups in total. The summed E-state index contributed by atoms with van der Waals surface area (Å²) in [7, 11) is 2.65. The molecule has 1 aliphatic carbocycles. The lowest BCUT2D eigenvalue weighted by molar-refractivity contribution is -0.146. The first kappa shape index (κ1) is 16.8. The molecule has 0 saturated heterocycles. The summed E-state index contributed by atoms with van der Waals surface area (Å²) in [6.07, 6.45) is 2.24. The van der Waals surface area contributed by atoms with E-state index in [4.69, 9.17) is 5.73 Å². The first-order valence-electron chi connectivity index (χ1n) is 6.35. The number of hydrogen-bond donors (Lipinski definition) is 1. The van der Waals surface area contributed by atoms with Crippen LogP contribution < -0.4 is 5.73 Å². The lowest BCUT2D eigenvalue weighted by Gasteiger charge is -2.28. The van der Waals surface area contributed by atoms with Crippen molar-refractivity contribution in [2.45, 2.75) is 19.5 Å². The molecule has 21 heavy (non-hydrogen) atoms. The van der Waals surface area contributed by atoms with Gasteiger partial charge in [-0.2, -0.15) is 0 Å². The standard InChI is InChI=1S/C14H18N2O5/c1-8(6-12(19)21-3)14(20)16(2)13(15)10-7-9(17)4-5-11(10)18/h4-5,7-8,13H,6,15H2,1-3H3/t8-,13-/m0/s1. The van der Waals surface area contributed by atoms with Gasteiger partial charge in [0.05, 0.1) is 13.5 Å². The van der Waals surface area contributed by atoms with Crippen LogP contribution in [0, 0.1) is 5.92 Å². The van der Waals surface area contributed by atoms with Crippen LogP contribution in [0.3, 0.4) is 0 Å². The molecule has 7 heteroatoms. The van der Waals surface area contributed by atoms with Gasteiger partial charge < -0.3 is 15.4 Å². The van der Waals surface area contributed by atoms with Gasteiger partial charge in [0, 0.05) is 18.5 Å². The van der Waals surface area contributed by atoms with Crippen molar-refractivity contribution >= 4 is 23.4 Å². The van der Waals surface area contributed by atoms with E-state index in [1.165, 1.54) is 14.2 Å². The van der Waals surface area contributed by atoms with Gasteiger partial charge in [0.2, 0.25) is 5.91 Å². The maximum atomic E-state index is 12.2. The highest BCUT2D eigenvalue weighted by Crippen LogP contribution is 2.15. The number of carbonyl (C=O) groups excluding carboxylic acids is 4. The first-order valence-corrected chi connectivity index (χ1v) is 6.35. The van der Waals surface area contributed by atoms with Gasteiger partial charge in [-0.25, -0.2) is 0 Å². The largest absolute Gasteiger partial charge is 0.469 e. The highest BCUT2D eigenvalue weighted by atomic mass is 16.5. The van der Waals surface area contributed by atoms with Gasteiger partial charge in [-0.3, -0.25) is 19.2 Å². The van der Waals surface area contributed by atoms with Crippen molar-refractivity contribution < 1.29 is 23.9 Å². The molecule has 0 saturated carbocycles. The second-order valence-corrected chi connectivity index (χ2v) is 4.77. The summed E-state index contributed by atoms with van der Waals surface area (Å²) in [4.78, 5) is 47.5. The SMILES string of the molecule is COC(=O)C[C@H](C)C(=O)N(C)[C@H](N)C1=CC(=O)C=CC1=O. The summed E-state index contributed by atoms with van der Waals surface area (Å²) < 4.78 is 4.50. The zero-order valence-electron chi connectivity index (χ0n) is 12.2. The number of ketones is 2. The first-order chi connectivity index (χ1) is 9.77. The molecule has 0 fully saturated rings. The number of ether oxygens (including phenoxy) is 1. The smallest absolute Gasteiger partial charge is 0.306 e. The van der Waals surface area contributed by atoms with Gasteiger partial charge in [-0.05, 0) is 18.2 Å². The fourth-order valence-corrected chi connectivity index (χ4v) is 1.87. The predicted molar refractivity (Wildman–Crippen MR) is 73.8 cm³/mol. The molecule has 1 aliphatic rings. The molecular weight excluding hydrogens is 276 g/mol. The zero-order valence-corrected chi connectivity index (χ0v) is 12.2. The van der Waals surface area contributed by atoms with E-state index in [9.17, 15) is 19.2 Å². The van der Waals surface area contributed by atoms with Crippen molar-refractivity contribution in [2.24, 2.45) is 11.7 Å². The summed E-state index contributed by atoms with van der Waals surface area (Å²) >= 11 is 0. The van der Waals surface area contributed by atoms with E-state index in [-0.39, 0.29) is 17.8 Å². The lowest BCUT2D eigenvalue weighted by Crippen LogP contribution is -2.48. The molecule has 1 rings (SSSR count). The van der Waals surface area contributed by atoms with Crippen LogP contribution in [0.4, 0.5) is 0 Å². The van der Waals surface area contributed by atoms with Crippen LogP contribution in [0.5, 0.6) is 0 Å². The predicted octanol–water partition coefficient (Wildman–Crippen LogP) is -0.437. The molecule has 0 unspecified atom stereocenters. The van der Waals surface area contributed by atoms with E-state index in [2.05, 4.69) is 4.74 Å². The Labute approximate surface area is 122 Å². The van der Waals surface area contributed by atoms with Crippen LogP contribution in [0.1, 0.15) is 13.3 Å². The molecule has 0 aromatic heterocycles. The van der Waals surface area contributed by atoms with E-state index in [0.29, 0.717) is 0 Å². The van der Waals surface area contributed by atoms with Gasteiger partial charge in [0.25, 0.3) is 0 Å². The fourth-order valence-electron chi connectivity index (χ4n) is 1.87. The molecule has 7 nitrogen and oxygen atoms in total. The summed E-state index contributed by atoms with van der Waals surface area (Å²) in [6, 6.07) is 0. The molecule has 0 spiro atoms. The maximum Gasteiger partial charge on any atom is 0.306 e. The van der Waals surface area contributed by atoms with E-state index in [0.717, 1.165) is 23.1 Å². The quantitative estimate of drug-likeness (QED) is 0.418. The molecule has 0 aromatic carbocycles. The average molecular weight is 294 g/mol. The third-order valence-corrected chi connectivity index (χ3v) is 3.19. The number of amides is 1. The van der Waals surface area contributed by atoms with Crippen LogP contribution in [0.25, 0.3) is 0 Å². The Bertz CT molecular complexity index is 535. The second-order valence-electron chi connectivity index (χ2n) is 4.77. The highest BCUT2D eigenvalue weighted by Gasteiger charge is 2.29. The maximum absolute atomic E-state index is 12.2. The number of nitrogens with two attached hydrogens (primary N) is 1. The van der Waals surface area contributed by atoms with Gasteiger partial charge >= 0.3 is 5.97 Å². The number of rotatable bonds is 5. The molecule has 0 aliphatic heterocycles. The second kappa shape index (κ2) is 6.94. The molecular formula is C14H18N2O5. The summed E-state index contributed by atoms with van der Waals surface area (Å²) in [5.74, 6) is -2.34. The van der Waals surface area contributed by atoms with Gasteiger partial charge in [-0.15, -0.1) is 0 Å². The molecule has 0 bridgehead atoms. The number of methoxy groups -OCH3 is 1. The van der Waals surface area contributed by atoms with Crippen molar-refractivity contribution in [3.05, 3.63) is 23.8 Å². The Morgan fingerprint density at radius 1 is 1.33 bits per heavy atom. The number of likely N-dealkylation sites (N-methyl/N-ethyl adjacent to an activating group) is 1. The van der Waals surface area contributed by atoms with Crippen LogP contribution in [-0.2, 0) is 23.9 Å². The number of esters is 1. The normalized spacial score (nSPS) is 17.0. The molecule has 0 aromatic rings. The minimum Gasteiger partial charge on any atom is -0.469 e. The number of nitrogens with zero attached hydrogens (tertiary/aromatic N) is 1.